The number of pyridine rings is 1. The van der Waals surface area contributed by atoms with Crippen molar-refractivity contribution in [3.63, 3.8) is 0 Å². The predicted molar refractivity (Wildman–Crippen MR) is 55.5 cm³/mol. The molecule has 5 heteroatoms. The van der Waals surface area contributed by atoms with Crippen LogP contribution in [0.2, 0.25) is 5.02 Å². The fourth-order valence-corrected chi connectivity index (χ4v) is 1.42. The zero-order chi connectivity index (χ0) is 11.0. The molecule has 0 spiro atoms. The lowest BCUT2D eigenvalue weighted by Gasteiger charge is -2.12. The highest BCUT2D eigenvalue weighted by molar-refractivity contribution is 6.31. The van der Waals surface area contributed by atoms with Crippen molar-refractivity contribution >= 4 is 29.2 Å². The number of rotatable bonds is 1. The number of carbonyl (C=O) groups excluding carboxylic acids is 2. The largest absolute Gasteiger partial charge is 0.269 e. The van der Waals surface area contributed by atoms with Crippen LogP contribution in [0, 0.1) is 0 Å². The molecule has 76 valence electrons. The molecule has 0 bridgehead atoms. The molecule has 1 aromatic heterocycles. The lowest BCUT2D eigenvalue weighted by molar-refractivity contribution is -0.120. The summed E-state index contributed by atoms with van der Waals surface area (Å²) < 4.78 is 0. The first-order valence-electron chi connectivity index (χ1n) is 4.28. The number of nitrogens with zero attached hydrogens (tertiary/aromatic N) is 2. The van der Waals surface area contributed by atoms with Gasteiger partial charge < -0.3 is 0 Å². The summed E-state index contributed by atoms with van der Waals surface area (Å²) in [6.07, 6.45) is 2.68. The zero-order valence-corrected chi connectivity index (χ0v) is 8.65. The Morgan fingerprint density at radius 1 is 1.33 bits per heavy atom. The molecule has 2 rings (SSSR count). The lowest BCUT2D eigenvalue weighted by Crippen LogP contribution is -2.31. The van der Waals surface area contributed by atoms with Gasteiger partial charge in [0, 0.05) is 17.8 Å². The van der Waals surface area contributed by atoms with Crippen LogP contribution in [-0.4, -0.2) is 16.8 Å². The van der Waals surface area contributed by atoms with Crippen LogP contribution >= 0.6 is 11.6 Å². The van der Waals surface area contributed by atoms with Gasteiger partial charge in [-0.3, -0.25) is 9.59 Å². The summed E-state index contributed by atoms with van der Waals surface area (Å²) in [6.45, 7) is 1.59. The van der Waals surface area contributed by atoms with Gasteiger partial charge in [-0.05, 0) is 19.1 Å². The Bertz CT molecular complexity index is 465. The molecule has 0 aromatic carbocycles. The molecule has 0 radical (unpaired) electrons. The minimum absolute atomic E-state index is 0.294. The number of aromatic nitrogens is 1. The first kappa shape index (κ1) is 9.86. The van der Waals surface area contributed by atoms with E-state index >= 15 is 0 Å². The average molecular weight is 223 g/mol. The summed E-state index contributed by atoms with van der Waals surface area (Å²) in [4.78, 5) is 27.9. The summed E-state index contributed by atoms with van der Waals surface area (Å²) in [6, 6.07) is 3.11. The highest BCUT2D eigenvalue weighted by atomic mass is 35.5. The Hall–Kier alpha value is -1.68. The van der Waals surface area contributed by atoms with E-state index < -0.39 is 0 Å². The maximum Gasteiger partial charge on any atom is 0.262 e. The quantitative estimate of drug-likeness (QED) is 0.678. The number of imide groups is 1. The number of hydrogen-bond donors (Lipinski definition) is 0. The molecule has 0 unspecified atom stereocenters. The summed E-state index contributed by atoms with van der Waals surface area (Å²) in [5.74, 6) is -0.412. The Kier molecular flexibility index (Phi) is 2.28. The van der Waals surface area contributed by atoms with Gasteiger partial charge in [-0.2, -0.15) is 0 Å². The number of halogens is 1. The highest BCUT2D eigenvalue weighted by Gasteiger charge is 2.30. The molecule has 1 aromatic rings. The van der Waals surface area contributed by atoms with Crippen LogP contribution in [0.1, 0.15) is 6.92 Å². The van der Waals surface area contributed by atoms with Gasteiger partial charge in [0.2, 0.25) is 0 Å². The predicted octanol–water partition coefficient (Wildman–Crippen LogP) is 1.55. The summed E-state index contributed by atoms with van der Waals surface area (Å²) in [7, 11) is 0. The van der Waals surface area contributed by atoms with Crippen molar-refractivity contribution in [3.05, 3.63) is 35.0 Å². The van der Waals surface area contributed by atoms with Crippen molar-refractivity contribution in [2.24, 2.45) is 0 Å². The first-order chi connectivity index (χ1) is 7.09. The van der Waals surface area contributed by atoms with Crippen molar-refractivity contribution in [3.8, 4) is 0 Å². The van der Waals surface area contributed by atoms with E-state index in [1.54, 1.807) is 13.0 Å². The molecule has 0 N–H and O–H groups in total. The van der Waals surface area contributed by atoms with Gasteiger partial charge in [-0.15, -0.1) is 0 Å². The molecule has 0 aliphatic carbocycles. The second-order valence-electron chi connectivity index (χ2n) is 3.14. The van der Waals surface area contributed by atoms with Crippen LogP contribution in [0.4, 0.5) is 5.82 Å². The monoisotopic (exact) mass is 222 g/mol. The summed E-state index contributed by atoms with van der Waals surface area (Å²) in [5.41, 5.74) is 0.414. The van der Waals surface area contributed by atoms with Gasteiger partial charge in [-0.25, -0.2) is 9.88 Å². The molecule has 0 saturated heterocycles. The van der Waals surface area contributed by atoms with E-state index in [9.17, 15) is 9.59 Å². The van der Waals surface area contributed by atoms with E-state index in [4.69, 9.17) is 11.6 Å². The standard InChI is InChI=1S/C10H7ClN2O2/c1-6-4-9(14)13(10(6)15)8-3-2-7(11)5-12-8/h2-5H,1H3. The third-order valence-corrected chi connectivity index (χ3v) is 2.27. The summed E-state index contributed by atoms with van der Waals surface area (Å²) in [5, 5.41) is 0.461. The number of anilines is 1. The molecule has 0 atom stereocenters. The van der Waals surface area contributed by atoms with Crippen molar-refractivity contribution in [2.75, 3.05) is 4.90 Å². The second-order valence-corrected chi connectivity index (χ2v) is 3.58. The Morgan fingerprint density at radius 2 is 2.07 bits per heavy atom. The molecule has 0 fully saturated rings. The van der Waals surface area contributed by atoms with Crippen LogP contribution in [-0.2, 0) is 9.59 Å². The van der Waals surface area contributed by atoms with Gasteiger partial charge in [-0.1, -0.05) is 11.6 Å². The molecule has 1 aliphatic rings. The van der Waals surface area contributed by atoms with Gasteiger partial charge in [0.05, 0.1) is 5.02 Å². The minimum Gasteiger partial charge on any atom is -0.269 e. The third kappa shape index (κ3) is 1.64. The Balaban J connectivity index is 2.38. The molecule has 4 nitrogen and oxygen atoms in total. The molecule has 2 heterocycles. The molecule has 2 amide bonds. The van der Waals surface area contributed by atoms with E-state index in [0.717, 1.165) is 4.90 Å². The van der Waals surface area contributed by atoms with Crippen LogP contribution in [0.3, 0.4) is 0 Å². The van der Waals surface area contributed by atoms with Crippen molar-refractivity contribution in [1.82, 2.24) is 4.98 Å². The first-order valence-corrected chi connectivity index (χ1v) is 4.65. The number of hydrogen-bond acceptors (Lipinski definition) is 3. The SMILES string of the molecule is CC1=CC(=O)N(c2ccc(Cl)cn2)C1=O. The fraction of sp³-hybridized carbons (Fsp3) is 0.100. The Morgan fingerprint density at radius 3 is 2.53 bits per heavy atom. The fourth-order valence-electron chi connectivity index (χ4n) is 1.31. The normalized spacial score (nSPS) is 15.9. The minimum atomic E-state index is -0.368. The van der Waals surface area contributed by atoms with Crippen LogP contribution in [0.25, 0.3) is 0 Å². The maximum absolute atomic E-state index is 11.6. The topological polar surface area (TPSA) is 50.3 Å². The molecular formula is C10H7ClN2O2. The molecule has 0 saturated carbocycles. The molecular weight excluding hydrogens is 216 g/mol. The van der Waals surface area contributed by atoms with Crippen LogP contribution < -0.4 is 4.90 Å². The maximum atomic E-state index is 11.6. The van der Waals surface area contributed by atoms with Crippen molar-refractivity contribution in [2.45, 2.75) is 6.92 Å². The Labute approximate surface area is 91.2 Å². The summed E-state index contributed by atoms with van der Waals surface area (Å²) >= 11 is 5.66. The van der Waals surface area contributed by atoms with E-state index in [2.05, 4.69) is 4.98 Å². The van der Waals surface area contributed by atoms with Gasteiger partial charge in [0.15, 0.2) is 0 Å². The smallest absolute Gasteiger partial charge is 0.262 e. The highest BCUT2D eigenvalue weighted by Crippen LogP contribution is 2.20. The molecule has 15 heavy (non-hydrogen) atoms. The van der Waals surface area contributed by atoms with E-state index in [0.29, 0.717) is 16.4 Å². The van der Waals surface area contributed by atoms with Gasteiger partial charge >= 0.3 is 0 Å². The number of amides is 2. The number of carbonyl (C=O) groups is 2. The van der Waals surface area contributed by atoms with Crippen molar-refractivity contribution < 1.29 is 9.59 Å². The average Bonchev–Trinajstić information content (AvgIpc) is 2.44. The van der Waals surface area contributed by atoms with Gasteiger partial charge in [0.1, 0.15) is 5.82 Å². The van der Waals surface area contributed by atoms with E-state index in [1.165, 1.54) is 18.3 Å². The van der Waals surface area contributed by atoms with Gasteiger partial charge in [0.25, 0.3) is 11.8 Å². The van der Waals surface area contributed by atoms with Crippen LogP contribution in [0.5, 0.6) is 0 Å². The lowest BCUT2D eigenvalue weighted by atomic mass is 10.3. The van der Waals surface area contributed by atoms with E-state index in [1.807, 2.05) is 0 Å². The molecule has 1 aliphatic heterocycles. The van der Waals surface area contributed by atoms with Crippen LogP contribution in [0.15, 0.2) is 30.0 Å². The zero-order valence-electron chi connectivity index (χ0n) is 7.90. The van der Waals surface area contributed by atoms with Crippen molar-refractivity contribution in [1.29, 1.82) is 0 Å². The van der Waals surface area contributed by atoms with E-state index in [-0.39, 0.29) is 11.8 Å². The third-order valence-electron chi connectivity index (χ3n) is 2.04. The second kappa shape index (κ2) is 3.47.